The van der Waals surface area contributed by atoms with Crippen LogP contribution in [-0.2, 0) is 4.79 Å². The fourth-order valence-electron chi connectivity index (χ4n) is 2.09. The van der Waals surface area contributed by atoms with E-state index in [1.54, 1.807) is 24.8 Å². The van der Waals surface area contributed by atoms with E-state index in [1.807, 2.05) is 6.92 Å². The zero-order valence-electron chi connectivity index (χ0n) is 11.8. The van der Waals surface area contributed by atoms with Crippen LogP contribution in [0.5, 0.6) is 5.75 Å². The van der Waals surface area contributed by atoms with Crippen molar-refractivity contribution >= 4 is 24.0 Å². The molecule has 20 heavy (non-hydrogen) atoms. The van der Waals surface area contributed by atoms with Gasteiger partial charge in [-0.15, -0.1) is 12.4 Å². The summed E-state index contributed by atoms with van der Waals surface area (Å²) in [5.41, 5.74) is 6.39. The predicted molar refractivity (Wildman–Crippen MR) is 78.9 cm³/mol. The largest absolute Gasteiger partial charge is 0.487 e. The summed E-state index contributed by atoms with van der Waals surface area (Å²) in [6, 6.07) is 3.98. The number of anilines is 1. The van der Waals surface area contributed by atoms with Crippen molar-refractivity contribution in [2.45, 2.75) is 32.9 Å². The fourth-order valence-corrected chi connectivity index (χ4v) is 2.09. The maximum atomic E-state index is 13.2. The predicted octanol–water partition coefficient (Wildman–Crippen LogP) is 2.34. The number of ether oxygens (including phenoxy) is 1. The van der Waals surface area contributed by atoms with Crippen LogP contribution < -0.4 is 15.4 Å². The van der Waals surface area contributed by atoms with Crippen LogP contribution in [0.15, 0.2) is 18.2 Å². The lowest BCUT2D eigenvalue weighted by Crippen LogP contribution is -2.47. The van der Waals surface area contributed by atoms with Crippen molar-refractivity contribution in [3.8, 4) is 5.75 Å². The third kappa shape index (κ3) is 3.22. The second kappa shape index (κ2) is 6.41. The molecule has 3 atom stereocenters. The Bertz CT molecular complexity index is 496. The summed E-state index contributed by atoms with van der Waals surface area (Å²) < 4.78 is 18.8. The Hall–Kier alpha value is -1.33. The standard InChI is InChI=1S/C14H19FN2O2.ClH/c1-8-7-17(14(18)9(2)10(3)16)12-5-4-11(15)6-13(12)19-8;/h4-6,8-10H,7,16H2,1-3H3;1H. The highest BCUT2D eigenvalue weighted by molar-refractivity contribution is 5.97. The summed E-state index contributed by atoms with van der Waals surface area (Å²) >= 11 is 0. The first kappa shape index (κ1) is 16.7. The van der Waals surface area contributed by atoms with E-state index in [1.165, 1.54) is 12.1 Å². The molecule has 0 spiro atoms. The van der Waals surface area contributed by atoms with Crippen LogP contribution in [0.4, 0.5) is 10.1 Å². The summed E-state index contributed by atoms with van der Waals surface area (Å²) in [6.45, 7) is 5.91. The molecule has 0 aromatic heterocycles. The summed E-state index contributed by atoms with van der Waals surface area (Å²) in [5.74, 6) is -0.314. The lowest BCUT2D eigenvalue weighted by molar-refractivity contribution is -0.122. The number of rotatable bonds is 2. The third-order valence-corrected chi connectivity index (χ3v) is 3.42. The molecule has 1 aliphatic rings. The first-order valence-corrected chi connectivity index (χ1v) is 6.43. The molecule has 0 bridgehead atoms. The average Bonchev–Trinajstić information content (AvgIpc) is 2.35. The third-order valence-electron chi connectivity index (χ3n) is 3.42. The summed E-state index contributed by atoms with van der Waals surface area (Å²) in [5, 5.41) is 0. The van der Waals surface area contributed by atoms with Crippen LogP contribution in [0.25, 0.3) is 0 Å². The highest BCUT2D eigenvalue weighted by atomic mass is 35.5. The minimum absolute atomic E-state index is 0. The Labute approximate surface area is 124 Å². The van der Waals surface area contributed by atoms with Crippen molar-refractivity contribution in [1.29, 1.82) is 0 Å². The van der Waals surface area contributed by atoms with Gasteiger partial charge in [-0.3, -0.25) is 4.79 Å². The Kier molecular flexibility index (Phi) is 5.36. The summed E-state index contributed by atoms with van der Waals surface area (Å²) in [4.78, 5) is 14.1. The van der Waals surface area contributed by atoms with Gasteiger partial charge >= 0.3 is 0 Å². The zero-order chi connectivity index (χ0) is 14.2. The van der Waals surface area contributed by atoms with E-state index >= 15 is 0 Å². The van der Waals surface area contributed by atoms with E-state index in [4.69, 9.17) is 10.5 Å². The van der Waals surface area contributed by atoms with Crippen molar-refractivity contribution < 1.29 is 13.9 Å². The molecule has 4 nitrogen and oxygen atoms in total. The molecule has 112 valence electrons. The van der Waals surface area contributed by atoms with E-state index in [9.17, 15) is 9.18 Å². The van der Waals surface area contributed by atoms with Gasteiger partial charge in [0.2, 0.25) is 5.91 Å². The summed E-state index contributed by atoms with van der Waals surface area (Å²) in [7, 11) is 0. The van der Waals surface area contributed by atoms with Crippen LogP contribution in [0.1, 0.15) is 20.8 Å². The van der Waals surface area contributed by atoms with Gasteiger partial charge in [0.25, 0.3) is 0 Å². The van der Waals surface area contributed by atoms with Crippen LogP contribution >= 0.6 is 12.4 Å². The van der Waals surface area contributed by atoms with Crippen molar-refractivity contribution in [1.82, 2.24) is 0 Å². The number of carbonyl (C=O) groups is 1. The van der Waals surface area contributed by atoms with Gasteiger partial charge in [-0.2, -0.15) is 0 Å². The molecule has 1 heterocycles. The molecule has 0 saturated heterocycles. The molecule has 1 aromatic rings. The van der Waals surface area contributed by atoms with E-state index in [0.717, 1.165) is 0 Å². The maximum absolute atomic E-state index is 13.2. The smallest absolute Gasteiger partial charge is 0.231 e. The number of nitrogens with two attached hydrogens (primary N) is 1. The maximum Gasteiger partial charge on any atom is 0.231 e. The van der Waals surface area contributed by atoms with Crippen LogP contribution in [0.3, 0.4) is 0 Å². The van der Waals surface area contributed by atoms with Gasteiger partial charge in [-0.25, -0.2) is 4.39 Å². The SMILES string of the molecule is CC1CN(C(=O)C(C)C(C)N)c2ccc(F)cc2O1.Cl. The molecule has 1 aliphatic heterocycles. The second-order valence-electron chi connectivity index (χ2n) is 5.14. The van der Waals surface area contributed by atoms with Crippen molar-refractivity contribution in [3.05, 3.63) is 24.0 Å². The minimum atomic E-state index is -0.375. The van der Waals surface area contributed by atoms with Gasteiger partial charge in [-0.1, -0.05) is 6.92 Å². The number of halogens is 2. The quantitative estimate of drug-likeness (QED) is 0.912. The Morgan fingerprint density at radius 2 is 2.15 bits per heavy atom. The van der Waals surface area contributed by atoms with Gasteiger partial charge in [-0.05, 0) is 26.0 Å². The van der Waals surface area contributed by atoms with Crippen LogP contribution in [0.2, 0.25) is 0 Å². The fraction of sp³-hybridized carbons (Fsp3) is 0.500. The molecule has 3 unspecified atom stereocenters. The Morgan fingerprint density at radius 1 is 1.50 bits per heavy atom. The zero-order valence-corrected chi connectivity index (χ0v) is 12.6. The van der Waals surface area contributed by atoms with Crippen LogP contribution in [-0.4, -0.2) is 24.6 Å². The van der Waals surface area contributed by atoms with Gasteiger partial charge in [0.15, 0.2) is 0 Å². The normalized spacial score (nSPS) is 20.2. The van der Waals surface area contributed by atoms with Gasteiger partial charge in [0.1, 0.15) is 17.7 Å². The van der Waals surface area contributed by atoms with Gasteiger partial charge in [0, 0.05) is 12.1 Å². The molecule has 0 fully saturated rings. The summed E-state index contributed by atoms with van der Waals surface area (Å²) in [6.07, 6.45) is -0.168. The number of fused-ring (bicyclic) bond motifs is 1. The number of hydrogen-bond acceptors (Lipinski definition) is 3. The van der Waals surface area contributed by atoms with E-state index in [2.05, 4.69) is 0 Å². The van der Waals surface area contributed by atoms with E-state index in [-0.39, 0.29) is 42.2 Å². The van der Waals surface area contributed by atoms with E-state index < -0.39 is 0 Å². The van der Waals surface area contributed by atoms with Crippen LogP contribution in [0, 0.1) is 11.7 Å². The number of nitrogens with zero attached hydrogens (tertiary/aromatic N) is 1. The number of hydrogen-bond donors (Lipinski definition) is 1. The number of carbonyl (C=O) groups excluding carboxylic acids is 1. The molecular weight excluding hydrogens is 283 g/mol. The molecule has 0 radical (unpaired) electrons. The molecule has 2 N–H and O–H groups in total. The molecule has 2 rings (SSSR count). The molecule has 6 heteroatoms. The lowest BCUT2D eigenvalue weighted by atomic mass is 10.0. The van der Waals surface area contributed by atoms with Gasteiger partial charge < -0.3 is 15.4 Å². The Morgan fingerprint density at radius 3 is 2.75 bits per heavy atom. The van der Waals surface area contributed by atoms with E-state index in [0.29, 0.717) is 18.0 Å². The topological polar surface area (TPSA) is 55.6 Å². The number of amides is 1. The monoisotopic (exact) mass is 302 g/mol. The minimum Gasteiger partial charge on any atom is -0.487 e. The molecule has 1 aromatic carbocycles. The van der Waals surface area contributed by atoms with Crippen molar-refractivity contribution in [3.63, 3.8) is 0 Å². The molecule has 0 saturated carbocycles. The number of benzene rings is 1. The highest BCUT2D eigenvalue weighted by Crippen LogP contribution is 2.34. The van der Waals surface area contributed by atoms with Gasteiger partial charge in [0.05, 0.1) is 18.2 Å². The lowest BCUT2D eigenvalue weighted by Gasteiger charge is -2.35. The first-order valence-electron chi connectivity index (χ1n) is 6.43. The first-order chi connectivity index (χ1) is 8.90. The Balaban J connectivity index is 0.00000200. The second-order valence-corrected chi connectivity index (χ2v) is 5.14. The molecule has 1 amide bonds. The highest BCUT2D eigenvalue weighted by Gasteiger charge is 2.31. The molecular formula is C14H20ClFN2O2. The average molecular weight is 303 g/mol. The van der Waals surface area contributed by atoms with Crippen molar-refractivity contribution in [2.24, 2.45) is 11.7 Å². The molecule has 0 aliphatic carbocycles. The van der Waals surface area contributed by atoms with Crippen molar-refractivity contribution in [2.75, 3.05) is 11.4 Å².